The molecule has 0 saturated carbocycles. The number of carbonyl (C=O) groups is 2. The minimum atomic E-state index is -0.166. The number of rotatable bonds is 7. The van der Waals surface area contributed by atoms with Crippen molar-refractivity contribution in [2.75, 3.05) is 49.6 Å². The summed E-state index contributed by atoms with van der Waals surface area (Å²) in [6, 6.07) is 17.7. The molecule has 6 heteroatoms. The van der Waals surface area contributed by atoms with E-state index in [9.17, 15) is 9.59 Å². The maximum absolute atomic E-state index is 13.2. The van der Waals surface area contributed by atoms with Crippen LogP contribution in [0.2, 0.25) is 0 Å². The summed E-state index contributed by atoms with van der Waals surface area (Å²) in [5.74, 6) is -0.0806. The predicted molar refractivity (Wildman–Crippen MR) is 118 cm³/mol. The molecule has 0 spiro atoms. The van der Waals surface area contributed by atoms with E-state index in [1.54, 1.807) is 0 Å². The average Bonchev–Trinajstić information content (AvgIpc) is 2.79. The summed E-state index contributed by atoms with van der Waals surface area (Å²) in [6.45, 7) is 4.76. The molecule has 158 valence electrons. The zero-order chi connectivity index (χ0) is 20.8. The topological polar surface area (TPSA) is 61.9 Å². The lowest BCUT2D eigenvalue weighted by Gasteiger charge is -2.30. The van der Waals surface area contributed by atoms with Gasteiger partial charge in [-0.2, -0.15) is 0 Å². The van der Waals surface area contributed by atoms with E-state index in [2.05, 4.69) is 10.2 Å². The summed E-state index contributed by atoms with van der Waals surface area (Å²) in [6.07, 6.45) is 1.60. The lowest BCUT2D eigenvalue weighted by molar-refractivity contribution is -0.121. The third kappa shape index (κ3) is 5.07. The van der Waals surface area contributed by atoms with E-state index in [-0.39, 0.29) is 17.7 Å². The first kappa shape index (κ1) is 20.6. The van der Waals surface area contributed by atoms with Gasteiger partial charge in [0.1, 0.15) is 0 Å². The van der Waals surface area contributed by atoms with Crippen LogP contribution in [0, 0.1) is 5.92 Å². The quantitative estimate of drug-likeness (QED) is 0.767. The summed E-state index contributed by atoms with van der Waals surface area (Å²) in [4.78, 5) is 29.8. The molecular weight excluding hydrogens is 378 g/mol. The van der Waals surface area contributed by atoms with Crippen LogP contribution in [0.1, 0.15) is 18.4 Å². The van der Waals surface area contributed by atoms with E-state index in [1.165, 1.54) is 0 Å². The zero-order valence-corrected chi connectivity index (χ0v) is 17.3. The number of amides is 2. The van der Waals surface area contributed by atoms with Crippen LogP contribution in [-0.2, 0) is 20.7 Å². The summed E-state index contributed by atoms with van der Waals surface area (Å²) in [5.41, 5.74) is 2.94. The van der Waals surface area contributed by atoms with Crippen molar-refractivity contribution in [2.45, 2.75) is 19.3 Å². The number of nitrogens with one attached hydrogen (secondary N) is 1. The molecular formula is C24H29N3O3. The molecule has 1 unspecified atom stereocenters. The molecule has 2 aliphatic heterocycles. The second-order valence-corrected chi connectivity index (χ2v) is 7.92. The smallest absolute Gasteiger partial charge is 0.227 e. The number of carbonyl (C=O) groups excluding carboxylic acids is 2. The van der Waals surface area contributed by atoms with Crippen molar-refractivity contribution in [1.29, 1.82) is 0 Å². The molecule has 2 aliphatic rings. The Hall–Kier alpha value is -2.70. The first-order valence-electron chi connectivity index (χ1n) is 10.7. The predicted octanol–water partition coefficient (Wildman–Crippen LogP) is 2.94. The Kier molecular flexibility index (Phi) is 6.77. The van der Waals surface area contributed by atoms with Gasteiger partial charge in [0, 0.05) is 49.9 Å². The largest absolute Gasteiger partial charge is 0.379 e. The van der Waals surface area contributed by atoms with Gasteiger partial charge in [-0.3, -0.25) is 14.5 Å². The molecule has 0 aliphatic carbocycles. The molecule has 2 aromatic carbocycles. The molecule has 4 rings (SSSR count). The van der Waals surface area contributed by atoms with Crippen molar-refractivity contribution in [2.24, 2.45) is 5.92 Å². The van der Waals surface area contributed by atoms with E-state index in [1.807, 2.05) is 59.5 Å². The van der Waals surface area contributed by atoms with Crippen molar-refractivity contribution in [3.05, 3.63) is 60.2 Å². The Balaban J connectivity index is 1.38. The number of ether oxygens (including phenoxy) is 1. The van der Waals surface area contributed by atoms with E-state index >= 15 is 0 Å². The van der Waals surface area contributed by atoms with E-state index in [0.29, 0.717) is 25.8 Å². The summed E-state index contributed by atoms with van der Waals surface area (Å²) >= 11 is 0. The van der Waals surface area contributed by atoms with Crippen LogP contribution in [0.3, 0.4) is 0 Å². The summed E-state index contributed by atoms with van der Waals surface area (Å²) < 4.78 is 5.42. The van der Waals surface area contributed by atoms with Gasteiger partial charge in [0.15, 0.2) is 0 Å². The Bertz CT molecular complexity index is 865. The molecule has 30 heavy (non-hydrogen) atoms. The third-order valence-electron chi connectivity index (χ3n) is 5.93. The summed E-state index contributed by atoms with van der Waals surface area (Å²) in [7, 11) is 0. The highest BCUT2D eigenvalue weighted by Crippen LogP contribution is 2.28. The first-order chi connectivity index (χ1) is 14.7. The van der Waals surface area contributed by atoms with Crippen molar-refractivity contribution in [3.8, 4) is 0 Å². The van der Waals surface area contributed by atoms with Crippen molar-refractivity contribution in [3.63, 3.8) is 0 Å². The van der Waals surface area contributed by atoms with Gasteiger partial charge in [-0.25, -0.2) is 0 Å². The lowest BCUT2D eigenvalue weighted by atomic mass is 9.89. The Morgan fingerprint density at radius 3 is 2.60 bits per heavy atom. The molecule has 6 nitrogen and oxygen atoms in total. The Morgan fingerprint density at radius 1 is 1.07 bits per heavy atom. The number of benzene rings is 2. The number of fused-ring (bicyclic) bond motifs is 1. The highest BCUT2D eigenvalue weighted by molar-refractivity contribution is 5.97. The van der Waals surface area contributed by atoms with Crippen LogP contribution < -0.4 is 10.2 Å². The zero-order valence-electron chi connectivity index (χ0n) is 17.3. The molecule has 1 fully saturated rings. The lowest BCUT2D eigenvalue weighted by Crippen LogP contribution is -2.43. The standard InChI is InChI=1S/C24H29N3O3/c28-23(11-10-20-18-19-6-4-5-9-22(19)25-24(20)29)27(21-7-2-1-3-8-21)13-12-26-14-16-30-17-15-26/h1-9,20H,10-18H2,(H,25,29). The van der Waals surface area contributed by atoms with Crippen LogP contribution in [0.4, 0.5) is 11.4 Å². The van der Waals surface area contributed by atoms with Crippen LogP contribution in [0.15, 0.2) is 54.6 Å². The highest BCUT2D eigenvalue weighted by Gasteiger charge is 2.27. The number of anilines is 2. The number of para-hydroxylation sites is 2. The van der Waals surface area contributed by atoms with Gasteiger partial charge in [0.2, 0.25) is 11.8 Å². The normalized spacial score (nSPS) is 19.1. The maximum atomic E-state index is 13.2. The van der Waals surface area contributed by atoms with Crippen LogP contribution in [0.25, 0.3) is 0 Å². The number of morpholine rings is 1. The molecule has 1 saturated heterocycles. The highest BCUT2D eigenvalue weighted by atomic mass is 16.5. The van der Waals surface area contributed by atoms with E-state index < -0.39 is 0 Å². The van der Waals surface area contributed by atoms with Gasteiger partial charge in [-0.05, 0) is 36.6 Å². The van der Waals surface area contributed by atoms with E-state index in [4.69, 9.17) is 4.74 Å². The van der Waals surface area contributed by atoms with Crippen molar-refractivity contribution < 1.29 is 14.3 Å². The maximum Gasteiger partial charge on any atom is 0.227 e. The molecule has 1 atom stereocenters. The molecule has 0 aromatic heterocycles. The summed E-state index contributed by atoms with van der Waals surface area (Å²) in [5, 5.41) is 2.98. The van der Waals surface area contributed by atoms with Gasteiger partial charge >= 0.3 is 0 Å². The second kappa shape index (κ2) is 9.87. The molecule has 0 radical (unpaired) electrons. The van der Waals surface area contributed by atoms with Crippen LogP contribution >= 0.6 is 0 Å². The second-order valence-electron chi connectivity index (χ2n) is 7.92. The molecule has 2 heterocycles. The monoisotopic (exact) mass is 407 g/mol. The molecule has 1 N–H and O–H groups in total. The third-order valence-corrected chi connectivity index (χ3v) is 5.93. The molecule has 0 bridgehead atoms. The van der Waals surface area contributed by atoms with Crippen LogP contribution in [0.5, 0.6) is 0 Å². The van der Waals surface area contributed by atoms with Crippen molar-refractivity contribution in [1.82, 2.24) is 4.90 Å². The average molecular weight is 408 g/mol. The Morgan fingerprint density at radius 2 is 1.80 bits per heavy atom. The number of hydrogen-bond acceptors (Lipinski definition) is 4. The van der Waals surface area contributed by atoms with Crippen LogP contribution in [-0.4, -0.2) is 56.1 Å². The SMILES string of the molecule is O=C1Nc2ccccc2CC1CCC(=O)N(CCN1CCOCC1)c1ccccc1. The van der Waals surface area contributed by atoms with E-state index in [0.717, 1.165) is 49.8 Å². The minimum Gasteiger partial charge on any atom is -0.379 e. The van der Waals surface area contributed by atoms with Gasteiger partial charge in [0.05, 0.1) is 13.2 Å². The first-order valence-corrected chi connectivity index (χ1v) is 10.7. The molecule has 2 aromatic rings. The minimum absolute atomic E-state index is 0.0149. The Labute approximate surface area is 177 Å². The number of nitrogens with zero attached hydrogens (tertiary/aromatic N) is 2. The fraction of sp³-hybridized carbons (Fsp3) is 0.417. The van der Waals surface area contributed by atoms with Gasteiger partial charge in [-0.1, -0.05) is 36.4 Å². The van der Waals surface area contributed by atoms with Gasteiger partial charge < -0.3 is 15.0 Å². The van der Waals surface area contributed by atoms with Gasteiger partial charge in [-0.15, -0.1) is 0 Å². The van der Waals surface area contributed by atoms with Crippen molar-refractivity contribution >= 4 is 23.2 Å². The number of hydrogen-bond donors (Lipinski definition) is 1. The fourth-order valence-corrected chi connectivity index (χ4v) is 4.15. The van der Waals surface area contributed by atoms with Gasteiger partial charge in [0.25, 0.3) is 0 Å². The fourth-order valence-electron chi connectivity index (χ4n) is 4.15. The molecule has 2 amide bonds.